The van der Waals surface area contributed by atoms with Crippen LogP contribution in [0.2, 0.25) is 0 Å². The first-order valence-corrected chi connectivity index (χ1v) is 5.77. The van der Waals surface area contributed by atoms with Crippen LogP contribution in [0.15, 0.2) is 30.3 Å². The van der Waals surface area contributed by atoms with Crippen molar-refractivity contribution in [3.05, 3.63) is 35.9 Å². The zero-order valence-corrected chi connectivity index (χ0v) is 10.0. The van der Waals surface area contributed by atoms with Crippen LogP contribution in [0.25, 0.3) is 0 Å². The van der Waals surface area contributed by atoms with Crippen molar-refractivity contribution in [2.45, 2.75) is 25.9 Å². The zero-order valence-electron chi connectivity index (χ0n) is 10.0. The normalized spacial score (nSPS) is 14.7. The van der Waals surface area contributed by atoms with Gasteiger partial charge in [0.2, 0.25) is 0 Å². The Morgan fingerprint density at radius 1 is 1.31 bits per heavy atom. The highest BCUT2D eigenvalue weighted by Gasteiger charge is 2.12. The number of nitrogens with one attached hydrogen (secondary N) is 1. The maximum atomic E-state index is 9.35. The third kappa shape index (κ3) is 4.31. The predicted molar refractivity (Wildman–Crippen MR) is 65.4 cm³/mol. The lowest BCUT2D eigenvalue weighted by Crippen LogP contribution is -2.35. The van der Waals surface area contributed by atoms with Gasteiger partial charge in [-0.3, -0.25) is 0 Å². The van der Waals surface area contributed by atoms with Gasteiger partial charge in [-0.2, -0.15) is 0 Å². The molecular weight excluding hydrogens is 202 g/mol. The maximum Gasteiger partial charge on any atom is 0.0626 e. The number of benzene rings is 1. The molecule has 0 aliphatic rings. The average Bonchev–Trinajstić information content (AvgIpc) is 2.34. The second-order valence-corrected chi connectivity index (χ2v) is 3.87. The Balaban J connectivity index is 2.49. The van der Waals surface area contributed by atoms with Gasteiger partial charge in [0, 0.05) is 12.6 Å². The van der Waals surface area contributed by atoms with Crippen LogP contribution in [0.5, 0.6) is 0 Å². The number of aliphatic hydroxyl groups excluding tert-OH is 1. The lowest BCUT2D eigenvalue weighted by atomic mass is 10.1. The van der Waals surface area contributed by atoms with E-state index in [4.69, 9.17) is 4.74 Å². The average molecular weight is 223 g/mol. The van der Waals surface area contributed by atoms with E-state index in [0.29, 0.717) is 6.61 Å². The molecule has 0 bridgehead atoms. The second-order valence-electron chi connectivity index (χ2n) is 3.87. The number of ether oxygens (including phenoxy) is 1. The summed E-state index contributed by atoms with van der Waals surface area (Å²) in [7, 11) is 0. The first-order chi connectivity index (χ1) is 7.77. The van der Waals surface area contributed by atoms with E-state index in [1.54, 1.807) is 0 Å². The van der Waals surface area contributed by atoms with Crippen LogP contribution in [-0.4, -0.2) is 31.0 Å². The molecule has 0 spiro atoms. The number of aliphatic hydroxyl groups is 1. The Hall–Kier alpha value is -0.900. The molecule has 0 aromatic heterocycles. The molecule has 90 valence electrons. The summed E-state index contributed by atoms with van der Waals surface area (Å²) in [6.07, 6.45) is 0. The van der Waals surface area contributed by atoms with Crippen LogP contribution < -0.4 is 5.32 Å². The third-order valence-electron chi connectivity index (χ3n) is 2.44. The topological polar surface area (TPSA) is 41.5 Å². The lowest BCUT2D eigenvalue weighted by molar-refractivity contribution is 0.117. The molecule has 0 aliphatic carbocycles. The SMILES string of the molecule is CCOCC(C)NC(CO)c1ccccc1. The molecule has 2 unspecified atom stereocenters. The van der Waals surface area contributed by atoms with Gasteiger partial charge >= 0.3 is 0 Å². The highest BCUT2D eigenvalue weighted by molar-refractivity contribution is 5.19. The van der Waals surface area contributed by atoms with Crippen molar-refractivity contribution in [1.82, 2.24) is 5.32 Å². The minimum absolute atomic E-state index is 0.0170. The van der Waals surface area contributed by atoms with E-state index in [-0.39, 0.29) is 18.7 Å². The Morgan fingerprint density at radius 2 is 2.00 bits per heavy atom. The van der Waals surface area contributed by atoms with E-state index in [0.717, 1.165) is 12.2 Å². The Labute approximate surface area is 97.4 Å². The molecule has 2 N–H and O–H groups in total. The van der Waals surface area contributed by atoms with Gasteiger partial charge in [-0.1, -0.05) is 30.3 Å². The van der Waals surface area contributed by atoms with E-state index in [1.807, 2.05) is 37.3 Å². The molecule has 1 aromatic carbocycles. The van der Waals surface area contributed by atoms with Gasteiger partial charge in [0.05, 0.1) is 19.3 Å². The molecule has 0 heterocycles. The monoisotopic (exact) mass is 223 g/mol. The minimum Gasteiger partial charge on any atom is -0.394 e. The summed E-state index contributed by atoms with van der Waals surface area (Å²) in [6.45, 7) is 5.52. The van der Waals surface area contributed by atoms with Gasteiger partial charge in [-0.25, -0.2) is 0 Å². The van der Waals surface area contributed by atoms with Crippen LogP contribution in [0.4, 0.5) is 0 Å². The fourth-order valence-electron chi connectivity index (χ4n) is 1.63. The van der Waals surface area contributed by atoms with Crippen molar-refractivity contribution in [2.24, 2.45) is 0 Å². The van der Waals surface area contributed by atoms with Crippen LogP contribution in [0.1, 0.15) is 25.5 Å². The van der Waals surface area contributed by atoms with E-state index in [9.17, 15) is 5.11 Å². The molecule has 3 nitrogen and oxygen atoms in total. The first-order valence-electron chi connectivity index (χ1n) is 5.77. The molecule has 0 aliphatic heterocycles. The Kier molecular flexibility index (Phi) is 6.08. The van der Waals surface area contributed by atoms with Crippen molar-refractivity contribution in [1.29, 1.82) is 0 Å². The third-order valence-corrected chi connectivity index (χ3v) is 2.44. The van der Waals surface area contributed by atoms with Crippen LogP contribution >= 0.6 is 0 Å². The molecule has 0 radical (unpaired) electrons. The van der Waals surface area contributed by atoms with Crippen LogP contribution in [-0.2, 0) is 4.74 Å². The summed E-state index contributed by atoms with van der Waals surface area (Å²) in [4.78, 5) is 0. The predicted octanol–water partition coefficient (Wildman–Crippen LogP) is 1.73. The molecule has 1 aromatic rings. The van der Waals surface area contributed by atoms with Crippen molar-refractivity contribution in [2.75, 3.05) is 19.8 Å². The molecule has 2 atom stereocenters. The number of hydrogen-bond acceptors (Lipinski definition) is 3. The lowest BCUT2D eigenvalue weighted by Gasteiger charge is -2.21. The van der Waals surface area contributed by atoms with E-state index < -0.39 is 0 Å². The van der Waals surface area contributed by atoms with Crippen molar-refractivity contribution >= 4 is 0 Å². The Morgan fingerprint density at radius 3 is 2.56 bits per heavy atom. The molecule has 0 saturated heterocycles. The van der Waals surface area contributed by atoms with Gasteiger partial charge < -0.3 is 15.2 Å². The van der Waals surface area contributed by atoms with Crippen molar-refractivity contribution in [3.63, 3.8) is 0 Å². The smallest absolute Gasteiger partial charge is 0.0626 e. The summed E-state index contributed by atoms with van der Waals surface area (Å²) >= 11 is 0. The molecule has 1 rings (SSSR count). The van der Waals surface area contributed by atoms with Gasteiger partial charge in [0.25, 0.3) is 0 Å². The van der Waals surface area contributed by atoms with E-state index >= 15 is 0 Å². The summed E-state index contributed by atoms with van der Waals surface area (Å²) in [5, 5.41) is 12.7. The minimum atomic E-state index is -0.0170. The fourth-order valence-corrected chi connectivity index (χ4v) is 1.63. The number of rotatable bonds is 7. The first kappa shape index (κ1) is 13.2. The highest BCUT2D eigenvalue weighted by Crippen LogP contribution is 2.12. The second kappa shape index (κ2) is 7.39. The number of hydrogen-bond donors (Lipinski definition) is 2. The van der Waals surface area contributed by atoms with Crippen molar-refractivity contribution < 1.29 is 9.84 Å². The molecule has 0 amide bonds. The largest absolute Gasteiger partial charge is 0.394 e. The summed E-state index contributed by atoms with van der Waals surface area (Å²) in [6, 6.07) is 10.2. The summed E-state index contributed by atoms with van der Waals surface area (Å²) in [5.74, 6) is 0. The summed E-state index contributed by atoms with van der Waals surface area (Å²) < 4.78 is 5.33. The zero-order chi connectivity index (χ0) is 11.8. The fraction of sp³-hybridized carbons (Fsp3) is 0.538. The van der Waals surface area contributed by atoms with Gasteiger partial charge in [0.15, 0.2) is 0 Å². The Bertz CT molecular complexity index is 277. The highest BCUT2D eigenvalue weighted by atomic mass is 16.5. The standard InChI is InChI=1S/C13H21NO2/c1-3-16-10-11(2)14-13(9-15)12-7-5-4-6-8-12/h4-8,11,13-15H,3,9-10H2,1-2H3. The van der Waals surface area contributed by atoms with Crippen molar-refractivity contribution in [3.8, 4) is 0 Å². The van der Waals surface area contributed by atoms with Gasteiger partial charge in [-0.05, 0) is 19.4 Å². The van der Waals surface area contributed by atoms with E-state index in [2.05, 4.69) is 12.2 Å². The molecule has 3 heteroatoms. The molecular formula is C13H21NO2. The van der Waals surface area contributed by atoms with Crippen LogP contribution in [0.3, 0.4) is 0 Å². The van der Waals surface area contributed by atoms with Gasteiger partial charge in [0.1, 0.15) is 0 Å². The molecule has 16 heavy (non-hydrogen) atoms. The quantitative estimate of drug-likeness (QED) is 0.739. The molecule has 0 saturated carbocycles. The summed E-state index contributed by atoms with van der Waals surface area (Å²) in [5.41, 5.74) is 1.10. The van der Waals surface area contributed by atoms with Crippen LogP contribution in [0, 0.1) is 0 Å². The van der Waals surface area contributed by atoms with Gasteiger partial charge in [-0.15, -0.1) is 0 Å². The molecule has 0 fully saturated rings. The maximum absolute atomic E-state index is 9.35. The van der Waals surface area contributed by atoms with E-state index in [1.165, 1.54) is 0 Å².